The molecule has 0 atom stereocenters. The third kappa shape index (κ3) is 5.33. The first kappa shape index (κ1) is 27.7. The van der Waals surface area contributed by atoms with Crippen molar-refractivity contribution >= 4 is 39.2 Å². The standard InChI is InChI=1S/C40H33NO2/c1-28(42)40(29(2)43-3)36-24-14-23-35-34(36)22-15-27-39(35)41(37-25-12-10-20-32(37)30-16-6-4-7-17-30)38-26-13-11-21-33(38)31-18-8-5-9-19-31/h4-27H,1-3H3/b40-29+. The Balaban J connectivity index is 1.70. The second kappa shape index (κ2) is 12.2. The molecule has 0 heterocycles. The van der Waals surface area contributed by atoms with Crippen LogP contribution in [0.25, 0.3) is 38.6 Å². The maximum absolute atomic E-state index is 12.9. The van der Waals surface area contributed by atoms with E-state index in [-0.39, 0.29) is 5.78 Å². The van der Waals surface area contributed by atoms with Crippen LogP contribution in [-0.4, -0.2) is 12.9 Å². The highest BCUT2D eigenvalue weighted by Gasteiger charge is 2.23. The fraction of sp³-hybridized carbons (Fsp3) is 0.0750. The van der Waals surface area contributed by atoms with E-state index in [1.807, 2.05) is 31.2 Å². The van der Waals surface area contributed by atoms with Gasteiger partial charge in [0.05, 0.1) is 29.7 Å². The number of hydrogen-bond acceptors (Lipinski definition) is 3. The molecular weight excluding hydrogens is 526 g/mol. The van der Waals surface area contributed by atoms with Crippen LogP contribution in [0.1, 0.15) is 19.4 Å². The topological polar surface area (TPSA) is 29.5 Å². The molecular formula is C40H33NO2. The fourth-order valence-electron chi connectivity index (χ4n) is 5.89. The highest BCUT2D eigenvalue weighted by molar-refractivity contribution is 6.24. The number of carbonyl (C=O) groups excluding carboxylic acids is 1. The molecule has 0 aliphatic rings. The maximum Gasteiger partial charge on any atom is 0.163 e. The first-order valence-corrected chi connectivity index (χ1v) is 14.5. The number of hydrogen-bond donors (Lipinski definition) is 0. The molecule has 6 rings (SSSR count). The summed E-state index contributed by atoms with van der Waals surface area (Å²) in [6, 6.07) is 50.6. The van der Waals surface area contributed by atoms with Crippen LogP contribution in [0.3, 0.4) is 0 Å². The largest absolute Gasteiger partial charge is 0.501 e. The van der Waals surface area contributed by atoms with Crippen LogP contribution >= 0.6 is 0 Å². The molecule has 0 unspecified atom stereocenters. The number of rotatable bonds is 8. The number of ether oxygens (including phenoxy) is 1. The smallest absolute Gasteiger partial charge is 0.163 e. The molecule has 6 aromatic carbocycles. The molecule has 210 valence electrons. The summed E-state index contributed by atoms with van der Waals surface area (Å²) in [7, 11) is 1.61. The summed E-state index contributed by atoms with van der Waals surface area (Å²) < 4.78 is 5.57. The van der Waals surface area contributed by atoms with Gasteiger partial charge in [0.2, 0.25) is 0 Å². The average Bonchev–Trinajstić information content (AvgIpc) is 3.06. The Labute approximate surface area is 253 Å². The van der Waals surface area contributed by atoms with E-state index < -0.39 is 0 Å². The van der Waals surface area contributed by atoms with Crippen molar-refractivity contribution in [3.63, 3.8) is 0 Å². The molecule has 0 amide bonds. The zero-order valence-corrected chi connectivity index (χ0v) is 24.6. The lowest BCUT2D eigenvalue weighted by Gasteiger charge is -2.31. The number of benzene rings is 6. The first-order valence-electron chi connectivity index (χ1n) is 14.5. The molecule has 0 aliphatic carbocycles. The average molecular weight is 560 g/mol. The molecule has 0 saturated heterocycles. The van der Waals surface area contributed by atoms with Crippen molar-refractivity contribution in [1.82, 2.24) is 0 Å². The lowest BCUT2D eigenvalue weighted by Crippen LogP contribution is -2.13. The second-order valence-corrected chi connectivity index (χ2v) is 10.5. The lowest BCUT2D eigenvalue weighted by molar-refractivity contribution is -0.111. The summed E-state index contributed by atoms with van der Waals surface area (Å²) in [6.45, 7) is 3.44. The second-order valence-electron chi connectivity index (χ2n) is 10.5. The van der Waals surface area contributed by atoms with Crippen molar-refractivity contribution in [3.8, 4) is 22.3 Å². The quantitative estimate of drug-likeness (QED) is 0.137. The normalized spacial score (nSPS) is 11.6. The van der Waals surface area contributed by atoms with Gasteiger partial charge in [-0.1, -0.05) is 127 Å². The molecule has 0 spiro atoms. The van der Waals surface area contributed by atoms with Crippen molar-refractivity contribution in [2.45, 2.75) is 13.8 Å². The maximum atomic E-state index is 12.9. The van der Waals surface area contributed by atoms with Crippen molar-refractivity contribution in [2.75, 3.05) is 12.0 Å². The third-order valence-electron chi connectivity index (χ3n) is 7.88. The van der Waals surface area contributed by atoms with Gasteiger partial charge in [-0.05, 0) is 54.1 Å². The number of allylic oxidation sites excluding steroid dienone is 2. The number of Topliss-reactive ketones (excluding diaryl/α,β-unsaturated/α-hetero) is 1. The van der Waals surface area contributed by atoms with E-state index >= 15 is 0 Å². The van der Waals surface area contributed by atoms with Gasteiger partial charge in [0.1, 0.15) is 5.76 Å². The van der Waals surface area contributed by atoms with Gasteiger partial charge in [-0.15, -0.1) is 0 Å². The first-order chi connectivity index (χ1) is 21.1. The van der Waals surface area contributed by atoms with Crippen molar-refractivity contribution < 1.29 is 9.53 Å². The summed E-state index contributed by atoms with van der Waals surface area (Å²) in [6.07, 6.45) is 0. The van der Waals surface area contributed by atoms with Crippen LogP contribution in [0, 0.1) is 0 Å². The van der Waals surface area contributed by atoms with E-state index in [0.29, 0.717) is 11.3 Å². The number of fused-ring (bicyclic) bond motifs is 1. The van der Waals surface area contributed by atoms with Gasteiger partial charge in [0, 0.05) is 16.5 Å². The van der Waals surface area contributed by atoms with Gasteiger partial charge in [-0.25, -0.2) is 0 Å². The summed E-state index contributed by atoms with van der Waals surface area (Å²) in [5.41, 5.74) is 9.11. The van der Waals surface area contributed by atoms with Crippen LogP contribution in [0.2, 0.25) is 0 Å². The summed E-state index contributed by atoms with van der Waals surface area (Å²) in [5.74, 6) is 0.573. The van der Waals surface area contributed by atoms with Gasteiger partial charge in [0.15, 0.2) is 5.78 Å². The number of anilines is 3. The Bertz CT molecular complexity index is 1860. The number of ketones is 1. The Morgan fingerprint density at radius 2 is 0.977 bits per heavy atom. The minimum Gasteiger partial charge on any atom is -0.501 e. The monoisotopic (exact) mass is 559 g/mol. The zero-order valence-electron chi connectivity index (χ0n) is 24.6. The number of nitrogens with zero attached hydrogens (tertiary/aromatic N) is 1. The van der Waals surface area contributed by atoms with E-state index in [1.165, 1.54) is 0 Å². The molecule has 3 heteroatoms. The highest BCUT2D eigenvalue weighted by atomic mass is 16.5. The Kier molecular flexibility index (Phi) is 7.88. The molecule has 0 fully saturated rings. The zero-order chi connectivity index (χ0) is 29.8. The summed E-state index contributed by atoms with van der Waals surface area (Å²) >= 11 is 0. The molecule has 0 N–H and O–H groups in total. The Hall–Kier alpha value is -5.41. The molecule has 0 aromatic heterocycles. The van der Waals surface area contributed by atoms with Gasteiger partial charge < -0.3 is 9.64 Å². The molecule has 0 aliphatic heterocycles. The number of methoxy groups -OCH3 is 1. The summed E-state index contributed by atoms with van der Waals surface area (Å²) in [4.78, 5) is 15.3. The van der Waals surface area contributed by atoms with Crippen molar-refractivity contribution in [1.29, 1.82) is 0 Å². The van der Waals surface area contributed by atoms with Crippen LogP contribution in [0.4, 0.5) is 17.1 Å². The molecule has 0 bridgehead atoms. The number of carbonyl (C=O) groups is 1. The van der Waals surface area contributed by atoms with Crippen molar-refractivity contribution in [2.24, 2.45) is 0 Å². The van der Waals surface area contributed by atoms with Gasteiger partial charge in [-0.3, -0.25) is 4.79 Å². The van der Waals surface area contributed by atoms with Gasteiger partial charge in [0.25, 0.3) is 0 Å². The van der Waals surface area contributed by atoms with E-state index in [4.69, 9.17) is 4.74 Å². The molecule has 6 aromatic rings. The molecule has 0 saturated carbocycles. The third-order valence-corrected chi connectivity index (χ3v) is 7.88. The van der Waals surface area contributed by atoms with Gasteiger partial charge >= 0.3 is 0 Å². The highest BCUT2D eigenvalue weighted by Crippen LogP contribution is 2.47. The van der Waals surface area contributed by atoms with E-state index in [2.05, 4.69) is 126 Å². The van der Waals surface area contributed by atoms with Crippen LogP contribution < -0.4 is 4.90 Å². The summed E-state index contributed by atoms with van der Waals surface area (Å²) in [5, 5.41) is 2.02. The minimum absolute atomic E-state index is 0.0297. The Morgan fingerprint density at radius 3 is 1.51 bits per heavy atom. The fourth-order valence-corrected chi connectivity index (χ4v) is 5.89. The predicted molar refractivity (Wildman–Crippen MR) is 180 cm³/mol. The van der Waals surface area contributed by atoms with Crippen LogP contribution in [0.15, 0.2) is 151 Å². The molecule has 0 radical (unpaired) electrons. The van der Waals surface area contributed by atoms with E-state index in [0.717, 1.165) is 55.7 Å². The van der Waals surface area contributed by atoms with E-state index in [1.54, 1.807) is 14.0 Å². The SMILES string of the molecule is CO/C(C)=C(\C(C)=O)c1cccc2c(N(c3ccccc3-c3ccccc3)c3ccccc3-c3ccccc3)cccc12. The van der Waals surface area contributed by atoms with Crippen LogP contribution in [0.5, 0.6) is 0 Å². The number of para-hydroxylation sites is 2. The van der Waals surface area contributed by atoms with E-state index in [9.17, 15) is 4.79 Å². The van der Waals surface area contributed by atoms with Crippen molar-refractivity contribution in [3.05, 3.63) is 157 Å². The lowest BCUT2D eigenvalue weighted by atomic mass is 9.93. The molecule has 43 heavy (non-hydrogen) atoms. The Morgan fingerprint density at radius 1 is 0.512 bits per heavy atom. The van der Waals surface area contributed by atoms with Crippen LogP contribution in [-0.2, 0) is 9.53 Å². The predicted octanol–water partition coefficient (Wildman–Crippen LogP) is 10.6. The minimum atomic E-state index is -0.0297. The van der Waals surface area contributed by atoms with Gasteiger partial charge in [-0.2, -0.15) is 0 Å². The molecule has 3 nitrogen and oxygen atoms in total.